The number of nitrogen functional groups attached to an aromatic ring is 1. The fourth-order valence-corrected chi connectivity index (χ4v) is 1.19. The maximum Gasteiger partial charge on any atom is 0.151 e. The Morgan fingerprint density at radius 1 is 1.47 bits per heavy atom. The van der Waals surface area contributed by atoms with Crippen LogP contribution in [0.5, 0.6) is 0 Å². The first-order chi connectivity index (χ1) is 7.25. The number of aryl methyl sites for hydroxylation is 1. The normalized spacial score (nSPS) is 10.2. The number of anilines is 2. The minimum absolute atomic E-state index is 0.498. The lowest BCUT2D eigenvalue weighted by Gasteiger charge is -2.04. The van der Waals surface area contributed by atoms with Crippen molar-refractivity contribution in [1.82, 2.24) is 19.7 Å². The van der Waals surface area contributed by atoms with Crippen LogP contribution in [0.3, 0.4) is 0 Å². The zero-order valence-corrected chi connectivity index (χ0v) is 8.38. The van der Waals surface area contributed by atoms with E-state index in [4.69, 9.17) is 5.73 Å². The SMILES string of the molecule is Cn1cnnc1CNc1cccc(N)n1. The summed E-state index contributed by atoms with van der Waals surface area (Å²) in [4.78, 5) is 4.11. The lowest BCUT2D eigenvalue weighted by molar-refractivity contribution is 0.810. The summed E-state index contributed by atoms with van der Waals surface area (Å²) in [5.74, 6) is 2.08. The van der Waals surface area contributed by atoms with Gasteiger partial charge in [0.05, 0.1) is 6.54 Å². The summed E-state index contributed by atoms with van der Waals surface area (Å²) in [6.45, 7) is 0.576. The van der Waals surface area contributed by atoms with Crippen molar-refractivity contribution in [1.29, 1.82) is 0 Å². The van der Waals surface area contributed by atoms with E-state index in [-0.39, 0.29) is 0 Å². The van der Waals surface area contributed by atoms with E-state index >= 15 is 0 Å². The summed E-state index contributed by atoms with van der Waals surface area (Å²) in [6.07, 6.45) is 1.66. The van der Waals surface area contributed by atoms with E-state index in [1.807, 2.05) is 23.7 Å². The highest BCUT2D eigenvalue weighted by Gasteiger charge is 2.00. The molecule has 0 saturated carbocycles. The third-order valence-electron chi connectivity index (χ3n) is 2.00. The van der Waals surface area contributed by atoms with Gasteiger partial charge in [0, 0.05) is 7.05 Å². The van der Waals surface area contributed by atoms with Crippen molar-refractivity contribution in [3.05, 3.63) is 30.4 Å². The maximum atomic E-state index is 5.55. The molecule has 0 aliphatic carbocycles. The van der Waals surface area contributed by atoms with Crippen LogP contribution in [-0.4, -0.2) is 19.7 Å². The number of hydrogen-bond donors (Lipinski definition) is 2. The minimum Gasteiger partial charge on any atom is -0.384 e. The van der Waals surface area contributed by atoms with E-state index in [2.05, 4.69) is 20.5 Å². The van der Waals surface area contributed by atoms with Crippen molar-refractivity contribution in [2.45, 2.75) is 6.54 Å². The van der Waals surface area contributed by atoms with Gasteiger partial charge < -0.3 is 15.6 Å². The van der Waals surface area contributed by atoms with E-state index in [0.717, 1.165) is 11.6 Å². The number of nitrogens with one attached hydrogen (secondary N) is 1. The molecule has 0 aliphatic rings. The molecule has 2 rings (SSSR count). The molecule has 6 heteroatoms. The maximum absolute atomic E-state index is 5.55. The highest BCUT2D eigenvalue weighted by Crippen LogP contribution is 2.06. The van der Waals surface area contributed by atoms with E-state index in [1.165, 1.54) is 0 Å². The molecule has 0 radical (unpaired) electrons. The van der Waals surface area contributed by atoms with Gasteiger partial charge in [-0.05, 0) is 12.1 Å². The fourth-order valence-electron chi connectivity index (χ4n) is 1.19. The number of pyridine rings is 1. The van der Waals surface area contributed by atoms with Gasteiger partial charge in [0.25, 0.3) is 0 Å². The van der Waals surface area contributed by atoms with Crippen molar-refractivity contribution in [2.75, 3.05) is 11.1 Å². The smallest absolute Gasteiger partial charge is 0.151 e. The first kappa shape index (κ1) is 9.45. The molecule has 0 aromatic carbocycles. The van der Waals surface area contributed by atoms with Gasteiger partial charge >= 0.3 is 0 Å². The summed E-state index contributed by atoms with van der Waals surface area (Å²) in [7, 11) is 1.89. The standard InChI is InChI=1S/C9H12N6/c1-15-6-12-14-9(15)5-11-8-4-2-3-7(10)13-8/h2-4,6H,5H2,1H3,(H3,10,11,13). The molecule has 0 aliphatic heterocycles. The molecule has 0 fully saturated rings. The Balaban J connectivity index is 2.02. The van der Waals surface area contributed by atoms with Crippen LogP contribution in [0.1, 0.15) is 5.82 Å². The van der Waals surface area contributed by atoms with Crippen LogP contribution >= 0.6 is 0 Å². The molecule has 78 valence electrons. The Hall–Kier alpha value is -2.11. The lowest BCUT2D eigenvalue weighted by Crippen LogP contribution is -2.07. The van der Waals surface area contributed by atoms with Gasteiger partial charge in [-0.25, -0.2) is 4.98 Å². The highest BCUT2D eigenvalue weighted by molar-refractivity contribution is 5.42. The number of aromatic nitrogens is 4. The van der Waals surface area contributed by atoms with E-state index in [1.54, 1.807) is 12.4 Å². The molecule has 0 spiro atoms. The van der Waals surface area contributed by atoms with Gasteiger partial charge in [0.1, 0.15) is 18.0 Å². The molecule has 0 atom stereocenters. The van der Waals surface area contributed by atoms with Gasteiger partial charge in [-0.15, -0.1) is 10.2 Å². The summed E-state index contributed by atoms with van der Waals surface area (Å²) in [5.41, 5.74) is 5.55. The van der Waals surface area contributed by atoms with Crippen LogP contribution in [-0.2, 0) is 13.6 Å². The van der Waals surface area contributed by atoms with Gasteiger partial charge in [-0.1, -0.05) is 6.07 Å². The summed E-state index contributed by atoms with van der Waals surface area (Å²) >= 11 is 0. The van der Waals surface area contributed by atoms with Gasteiger partial charge in [0.2, 0.25) is 0 Å². The minimum atomic E-state index is 0.498. The first-order valence-corrected chi connectivity index (χ1v) is 4.55. The average molecular weight is 204 g/mol. The van der Waals surface area contributed by atoms with Gasteiger partial charge in [-0.3, -0.25) is 0 Å². The first-order valence-electron chi connectivity index (χ1n) is 4.55. The Kier molecular flexibility index (Phi) is 2.49. The van der Waals surface area contributed by atoms with Crippen molar-refractivity contribution >= 4 is 11.6 Å². The second-order valence-electron chi connectivity index (χ2n) is 3.16. The second kappa shape index (κ2) is 3.95. The molecule has 0 bridgehead atoms. The third-order valence-corrected chi connectivity index (χ3v) is 2.00. The van der Waals surface area contributed by atoms with Crippen molar-refractivity contribution in [3.63, 3.8) is 0 Å². The average Bonchev–Trinajstić information content (AvgIpc) is 2.61. The van der Waals surface area contributed by atoms with Crippen LogP contribution in [0.4, 0.5) is 11.6 Å². The Labute approximate surface area is 87.2 Å². The molecule has 3 N–H and O–H groups in total. The zero-order valence-electron chi connectivity index (χ0n) is 8.38. The molecular weight excluding hydrogens is 192 g/mol. The number of rotatable bonds is 3. The van der Waals surface area contributed by atoms with E-state index in [9.17, 15) is 0 Å². The quantitative estimate of drug-likeness (QED) is 0.756. The molecule has 6 nitrogen and oxygen atoms in total. The van der Waals surface area contributed by atoms with Crippen LogP contribution < -0.4 is 11.1 Å². The van der Waals surface area contributed by atoms with Crippen molar-refractivity contribution < 1.29 is 0 Å². The molecule has 2 aromatic rings. The number of hydrogen-bond acceptors (Lipinski definition) is 5. The third kappa shape index (κ3) is 2.22. The predicted molar refractivity (Wildman–Crippen MR) is 57.0 cm³/mol. The Morgan fingerprint density at radius 3 is 3.00 bits per heavy atom. The molecule has 0 saturated heterocycles. The van der Waals surface area contributed by atoms with E-state index < -0.39 is 0 Å². The monoisotopic (exact) mass is 204 g/mol. The zero-order chi connectivity index (χ0) is 10.7. The van der Waals surface area contributed by atoms with Gasteiger partial charge in [-0.2, -0.15) is 0 Å². The van der Waals surface area contributed by atoms with Gasteiger partial charge in [0.15, 0.2) is 5.82 Å². The van der Waals surface area contributed by atoms with Crippen LogP contribution in [0, 0.1) is 0 Å². The predicted octanol–water partition coefficient (Wildman–Crippen LogP) is 0.404. The Bertz CT molecular complexity index is 449. The fraction of sp³-hybridized carbons (Fsp3) is 0.222. The molecule has 2 aromatic heterocycles. The molecular formula is C9H12N6. The van der Waals surface area contributed by atoms with Crippen molar-refractivity contribution in [3.8, 4) is 0 Å². The highest BCUT2D eigenvalue weighted by atomic mass is 15.3. The van der Waals surface area contributed by atoms with E-state index in [0.29, 0.717) is 12.4 Å². The second-order valence-corrected chi connectivity index (χ2v) is 3.16. The summed E-state index contributed by atoms with van der Waals surface area (Å²) in [5, 5.41) is 10.8. The molecule has 15 heavy (non-hydrogen) atoms. The number of nitrogens with two attached hydrogens (primary N) is 1. The van der Waals surface area contributed by atoms with Crippen molar-refractivity contribution in [2.24, 2.45) is 7.05 Å². The summed E-state index contributed by atoms with van der Waals surface area (Å²) < 4.78 is 1.85. The molecule has 0 amide bonds. The van der Waals surface area contributed by atoms with Crippen LogP contribution in [0.25, 0.3) is 0 Å². The topological polar surface area (TPSA) is 81.7 Å². The number of nitrogens with zero attached hydrogens (tertiary/aromatic N) is 4. The lowest BCUT2D eigenvalue weighted by atomic mass is 10.4. The van der Waals surface area contributed by atoms with Crippen LogP contribution in [0.15, 0.2) is 24.5 Å². The largest absolute Gasteiger partial charge is 0.384 e. The molecule has 2 heterocycles. The summed E-state index contributed by atoms with van der Waals surface area (Å²) in [6, 6.07) is 5.45. The Morgan fingerprint density at radius 2 is 2.33 bits per heavy atom. The van der Waals surface area contributed by atoms with Crippen LogP contribution in [0.2, 0.25) is 0 Å². The molecule has 0 unspecified atom stereocenters.